The van der Waals surface area contributed by atoms with Crippen molar-refractivity contribution >= 4 is 11.7 Å². The van der Waals surface area contributed by atoms with Gasteiger partial charge < -0.3 is 19.5 Å². The molecule has 0 saturated carbocycles. The van der Waals surface area contributed by atoms with Crippen LogP contribution in [0, 0.1) is 18.3 Å². The number of benzene rings is 2. The minimum Gasteiger partial charge on any atom is -0.493 e. The van der Waals surface area contributed by atoms with Gasteiger partial charge in [-0.05, 0) is 93.3 Å². The molecule has 174 valence electrons. The predicted molar refractivity (Wildman–Crippen MR) is 128 cm³/mol. The van der Waals surface area contributed by atoms with Crippen LogP contribution in [-0.4, -0.2) is 31.8 Å². The van der Waals surface area contributed by atoms with Crippen LogP contribution in [0.1, 0.15) is 67.5 Å². The van der Waals surface area contributed by atoms with Crippen molar-refractivity contribution in [2.45, 2.75) is 65.1 Å². The van der Waals surface area contributed by atoms with E-state index in [-0.39, 0.29) is 0 Å². The summed E-state index contributed by atoms with van der Waals surface area (Å²) in [6, 6.07) is 8.56. The smallest absolute Gasteiger partial charge is 0.339 e. The summed E-state index contributed by atoms with van der Waals surface area (Å²) in [7, 11) is 1.39. The first-order valence-electron chi connectivity index (χ1n) is 11.6. The van der Waals surface area contributed by atoms with Crippen LogP contribution in [0.2, 0.25) is 0 Å². The highest BCUT2D eigenvalue weighted by Gasteiger charge is 2.36. The summed E-state index contributed by atoms with van der Waals surface area (Å²) in [5, 5.41) is 13.5. The normalized spacial score (nSPS) is 15.9. The maximum absolute atomic E-state index is 13.1. The minimum atomic E-state index is -0.905. The van der Waals surface area contributed by atoms with Gasteiger partial charge in [-0.1, -0.05) is 6.07 Å². The Labute approximate surface area is 195 Å². The lowest BCUT2D eigenvalue weighted by molar-refractivity contribution is -0.164. The van der Waals surface area contributed by atoms with E-state index in [1.165, 1.54) is 7.11 Å². The second kappa shape index (κ2) is 9.07. The lowest BCUT2D eigenvalue weighted by Gasteiger charge is -2.33. The van der Waals surface area contributed by atoms with Gasteiger partial charge in [0, 0.05) is 12.1 Å². The SMILES string of the molecule is COC(=O)C(OC(C)(C)C)c1c2c(c(C#N)c(C)c1-c1ccc3c(c1)CCCO3)NCCC2. The summed E-state index contributed by atoms with van der Waals surface area (Å²) in [5.41, 5.74) is 6.44. The van der Waals surface area contributed by atoms with Gasteiger partial charge in [0.05, 0.1) is 30.6 Å². The zero-order valence-corrected chi connectivity index (χ0v) is 20.1. The largest absolute Gasteiger partial charge is 0.493 e. The van der Waals surface area contributed by atoms with E-state index in [1.54, 1.807) is 0 Å². The van der Waals surface area contributed by atoms with Gasteiger partial charge in [0.1, 0.15) is 11.8 Å². The molecule has 2 heterocycles. The molecule has 0 bridgehead atoms. The van der Waals surface area contributed by atoms with Crippen LogP contribution in [0.5, 0.6) is 5.75 Å². The van der Waals surface area contributed by atoms with E-state index in [0.29, 0.717) is 5.56 Å². The summed E-state index contributed by atoms with van der Waals surface area (Å²) < 4.78 is 17.4. The fourth-order valence-corrected chi connectivity index (χ4v) is 4.89. The number of nitriles is 1. The first-order chi connectivity index (χ1) is 15.7. The number of carbonyl (C=O) groups is 1. The fourth-order valence-electron chi connectivity index (χ4n) is 4.89. The summed E-state index contributed by atoms with van der Waals surface area (Å²) in [6.07, 6.45) is 2.67. The quantitative estimate of drug-likeness (QED) is 0.644. The Kier molecular flexibility index (Phi) is 6.36. The van der Waals surface area contributed by atoms with Crippen LogP contribution < -0.4 is 10.1 Å². The number of nitrogens with one attached hydrogen (secondary N) is 1. The number of hydrogen-bond donors (Lipinski definition) is 1. The predicted octanol–water partition coefficient (Wildman–Crippen LogP) is 5.25. The van der Waals surface area contributed by atoms with Crippen molar-refractivity contribution in [3.63, 3.8) is 0 Å². The number of anilines is 1. The third kappa shape index (κ3) is 4.43. The lowest BCUT2D eigenvalue weighted by Crippen LogP contribution is -2.30. The summed E-state index contributed by atoms with van der Waals surface area (Å²) >= 11 is 0. The maximum atomic E-state index is 13.1. The van der Waals surface area contributed by atoms with Crippen molar-refractivity contribution in [2.75, 3.05) is 25.6 Å². The molecule has 2 aromatic carbocycles. The Morgan fingerprint density at radius 1 is 1.24 bits per heavy atom. The van der Waals surface area contributed by atoms with Crippen LogP contribution in [0.15, 0.2) is 18.2 Å². The molecule has 0 fully saturated rings. The third-order valence-electron chi connectivity index (χ3n) is 6.26. The number of rotatable bonds is 4. The van der Waals surface area contributed by atoms with Gasteiger partial charge in [-0.3, -0.25) is 0 Å². The molecule has 0 saturated heterocycles. The Hall–Kier alpha value is -3.04. The van der Waals surface area contributed by atoms with Crippen molar-refractivity contribution in [1.29, 1.82) is 5.26 Å². The van der Waals surface area contributed by atoms with Crippen molar-refractivity contribution in [1.82, 2.24) is 0 Å². The van der Waals surface area contributed by atoms with Crippen LogP contribution >= 0.6 is 0 Å². The highest BCUT2D eigenvalue weighted by molar-refractivity contribution is 5.89. The van der Waals surface area contributed by atoms with Crippen LogP contribution in [0.25, 0.3) is 11.1 Å². The van der Waals surface area contributed by atoms with E-state index < -0.39 is 17.7 Å². The molecule has 1 unspecified atom stereocenters. The standard InChI is InChI=1S/C27H32N2O4/c1-16-20(15-28)24-19(9-6-12-29-24)23(25(26(30)31-5)33-27(2,3)4)22(16)18-10-11-21-17(14-18)8-7-13-32-21/h10-11,14,25,29H,6-9,12-13H2,1-5H3. The highest BCUT2D eigenvalue weighted by atomic mass is 16.6. The first kappa shape index (κ1) is 23.1. The Morgan fingerprint density at radius 3 is 2.73 bits per heavy atom. The average Bonchev–Trinajstić information content (AvgIpc) is 2.80. The number of fused-ring (bicyclic) bond motifs is 2. The molecule has 0 amide bonds. The van der Waals surface area contributed by atoms with E-state index in [2.05, 4.69) is 17.5 Å². The van der Waals surface area contributed by atoms with Gasteiger partial charge in [0.25, 0.3) is 0 Å². The fraction of sp³-hybridized carbons (Fsp3) is 0.481. The number of hydrogen-bond acceptors (Lipinski definition) is 6. The molecular weight excluding hydrogens is 416 g/mol. The van der Waals surface area contributed by atoms with E-state index in [0.717, 1.165) is 83.7 Å². The molecular formula is C27H32N2O4. The molecule has 2 aliphatic rings. The maximum Gasteiger partial charge on any atom is 0.339 e. The molecule has 0 aromatic heterocycles. The summed E-state index contributed by atoms with van der Waals surface area (Å²) in [4.78, 5) is 13.1. The monoisotopic (exact) mass is 448 g/mol. The van der Waals surface area contributed by atoms with Crippen molar-refractivity contribution in [2.24, 2.45) is 0 Å². The summed E-state index contributed by atoms with van der Waals surface area (Å²) in [5.74, 6) is 0.462. The van der Waals surface area contributed by atoms with Gasteiger partial charge in [0.15, 0.2) is 6.10 Å². The molecule has 1 atom stereocenters. The van der Waals surface area contributed by atoms with E-state index in [1.807, 2.05) is 39.8 Å². The molecule has 2 aliphatic heterocycles. The minimum absolute atomic E-state index is 0.440. The topological polar surface area (TPSA) is 80.6 Å². The molecule has 2 aromatic rings. The molecule has 0 radical (unpaired) electrons. The van der Waals surface area contributed by atoms with Gasteiger partial charge in [-0.2, -0.15) is 5.26 Å². The zero-order chi connectivity index (χ0) is 23.8. The van der Waals surface area contributed by atoms with E-state index in [4.69, 9.17) is 14.2 Å². The number of ether oxygens (including phenoxy) is 3. The first-order valence-corrected chi connectivity index (χ1v) is 11.6. The second-order valence-electron chi connectivity index (χ2n) is 9.69. The molecule has 6 nitrogen and oxygen atoms in total. The number of esters is 1. The van der Waals surface area contributed by atoms with Crippen LogP contribution in [0.3, 0.4) is 0 Å². The third-order valence-corrected chi connectivity index (χ3v) is 6.26. The van der Waals surface area contributed by atoms with Gasteiger partial charge >= 0.3 is 5.97 Å². The van der Waals surface area contributed by atoms with Crippen molar-refractivity contribution in [3.05, 3.63) is 46.0 Å². The number of aryl methyl sites for hydroxylation is 1. The number of methoxy groups -OCH3 is 1. The molecule has 1 N–H and O–H groups in total. The Morgan fingerprint density at radius 2 is 2.03 bits per heavy atom. The molecule has 0 aliphatic carbocycles. The van der Waals surface area contributed by atoms with Crippen LogP contribution in [0.4, 0.5) is 5.69 Å². The van der Waals surface area contributed by atoms with Gasteiger partial charge in [0.2, 0.25) is 0 Å². The molecule has 4 rings (SSSR count). The van der Waals surface area contributed by atoms with E-state index >= 15 is 0 Å². The van der Waals surface area contributed by atoms with Gasteiger partial charge in [-0.25, -0.2) is 4.79 Å². The molecule has 0 spiro atoms. The van der Waals surface area contributed by atoms with Crippen molar-refractivity contribution in [3.8, 4) is 22.9 Å². The van der Waals surface area contributed by atoms with Crippen molar-refractivity contribution < 1.29 is 19.0 Å². The Bertz CT molecular complexity index is 1120. The van der Waals surface area contributed by atoms with Gasteiger partial charge in [-0.15, -0.1) is 0 Å². The summed E-state index contributed by atoms with van der Waals surface area (Å²) in [6.45, 7) is 9.26. The lowest BCUT2D eigenvalue weighted by atomic mass is 9.81. The highest BCUT2D eigenvalue weighted by Crippen LogP contribution is 2.45. The molecule has 6 heteroatoms. The molecule has 33 heavy (non-hydrogen) atoms. The zero-order valence-electron chi connectivity index (χ0n) is 20.1. The average molecular weight is 449 g/mol. The Balaban J connectivity index is 2.04. The van der Waals surface area contributed by atoms with Crippen LogP contribution in [-0.2, 0) is 27.1 Å². The van der Waals surface area contributed by atoms with E-state index in [9.17, 15) is 10.1 Å². The number of carbonyl (C=O) groups excluding carboxylic acids is 1. The second-order valence-corrected chi connectivity index (χ2v) is 9.69. The number of nitrogens with zero attached hydrogens (tertiary/aromatic N) is 1.